The minimum atomic E-state index is -0.0790. The number of guanidine groups is 1. The molecule has 1 N–H and O–H groups in total. The van der Waals surface area contributed by atoms with E-state index in [0.29, 0.717) is 19.1 Å². The molecular weight excluding hydrogens is 449 g/mol. The van der Waals surface area contributed by atoms with E-state index in [1.807, 2.05) is 6.92 Å². The van der Waals surface area contributed by atoms with Crippen LogP contribution in [-0.2, 0) is 9.53 Å². The third kappa shape index (κ3) is 6.77. The first-order valence-corrected chi connectivity index (χ1v) is 9.81. The van der Waals surface area contributed by atoms with Crippen molar-refractivity contribution in [2.45, 2.75) is 39.5 Å². The van der Waals surface area contributed by atoms with E-state index < -0.39 is 0 Å². The number of carbonyl (C=O) groups excluding carboxylic acids is 1. The minimum absolute atomic E-state index is 0. The fourth-order valence-corrected chi connectivity index (χ4v) is 3.71. The number of halogens is 1. The van der Waals surface area contributed by atoms with Gasteiger partial charge >= 0.3 is 5.97 Å². The Morgan fingerprint density at radius 2 is 2.32 bits per heavy atom. The van der Waals surface area contributed by atoms with Gasteiger partial charge in [0.05, 0.1) is 12.5 Å². The van der Waals surface area contributed by atoms with Crippen molar-refractivity contribution in [3.63, 3.8) is 0 Å². The largest absolute Gasteiger partial charge is 0.466 e. The Labute approximate surface area is 172 Å². The zero-order valence-electron chi connectivity index (χ0n) is 15.4. The monoisotopic (exact) mass is 479 g/mol. The van der Waals surface area contributed by atoms with Crippen LogP contribution < -0.4 is 5.32 Å². The second kappa shape index (κ2) is 11.7. The van der Waals surface area contributed by atoms with Crippen LogP contribution in [-0.4, -0.2) is 49.6 Å². The van der Waals surface area contributed by atoms with E-state index >= 15 is 0 Å². The van der Waals surface area contributed by atoms with Gasteiger partial charge in [0.2, 0.25) is 0 Å². The molecule has 1 aliphatic heterocycles. The molecule has 1 saturated heterocycles. The van der Waals surface area contributed by atoms with Gasteiger partial charge in [-0.25, -0.2) is 0 Å². The van der Waals surface area contributed by atoms with Gasteiger partial charge in [-0.3, -0.25) is 9.79 Å². The molecule has 0 aromatic carbocycles. The standard InChI is InChI=1S/C18H29N3O2S.HI/c1-4-19-18(20-11-14(3)16-8-10-24-13-16)21-9-6-7-15(12-21)17(22)23-5-2;/h8,10,13-15H,4-7,9,11-12H2,1-3H3,(H,19,20);1H. The van der Waals surface area contributed by atoms with Gasteiger partial charge in [-0.2, -0.15) is 11.3 Å². The topological polar surface area (TPSA) is 53.9 Å². The van der Waals surface area contributed by atoms with Crippen molar-refractivity contribution in [2.75, 3.05) is 32.8 Å². The Bertz CT molecular complexity index is 536. The Hall–Kier alpha value is -0.830. The number of hydrogen-bond acceptors (Lipinski definition) is 4. The normalized spacial score (nSPS) is 19.1. The first kappa shape index (κ1) is 22.2. The molecule has 1 aromatic rings. The summed E-state index contributed by atoms with van der Waals surface area (Å²) in [7, 11) is 0. The van der Waals surface area contributed by atoms with E-state index in [9.17, 15) is 4.79 Å². The quantitative estimate of drug-likeness (QED) is 0.293. The molecule has 25 heavy (non-hydrogen) atoms. The SMILES string of the molecule is CCNC(=NCC(C)c1ccsc1)N1CCCC(C(=O)OCC)C1.I. The van der Waals surface area contributed by atoms with E-state index in [-0.39, 0.29) is 35.9 Å². The number of nitrogens with one attached hydrogen (secondary N) is 1. The van der Waals surface area contributed by atoms with Gasteiger partial charge in [-0.05, 0) is 49.1 Å². The zero-order valence-corrected chi connectivity index (χ0v) is 18.5. The molecule has 0 saturated carbocycles. The fraction of sp³-hybridized carbons (Fsp3) is 0.667. The number of likely N-dealkylation sites (tertiary alicyclic amines) is 1. The van der Waals surface area contributed by atoms with Crippen LogP contribution in [0.4, 0.5) is 0 Å². The zero-order chi connectivity index (χ0) is 17.4. The van der Waals surface area contributed by atoms with E-state index in [0.717, 1.165) is 38.4 Å². The molecule has 0 amide bonds. The Morgan fingerprint density at radius 3 is 2.96 bits per heavy atom. The lowest BCUT2D eigenvalue weighted by Gasteiger charge is -2.34. The van der Waals surface area contributed by atoms with E-state index in [1.54, 1.807) is 11.3 Å². The fourth-order valence-electron chi connectivity index (χ4n) is 2.93. The van der Waals surface area contributed by atoms with E-state index in [4.69, 9.17) is 9.73 Å². The molecule has 2 unspecified atom stereocenters. The van der Waals surface area contributed by atoms with Crippen LogP contribution >= 0.6 is 35.3 Å². The molecule has 0 radical (unpaired) electrons. The molecule has 7 heteroatoms. The van der Waals surface area contributed by atoms with Gasteiger partial charge < -0.3 is 15.0 Å². The number of esters is 1. The molecule has 142 valence electrons. The lowest BCUT2D eigenvalue weighted by atomic mass is 9.98. The van der Waals surface area contributed by atoms with Gasteiger partial charge in [-0.15, -0.1) is 24.0 Å². The van der Waals surface area contributed by atoms with Crippen molar-refractivity contribution >= 4 is 47.2 Å². The summed E-state index contributed by atoms with van der Waals surface area (Å²) in [4.78, 5) is 19.1. The number of nitrogens with zero attached hydrogens (tertiary/aromatic N) is 2. The van der Waals surface area contributed by atoms with Gasteiger partial charge in [0.15, 0.2) is 5.96 Å². The van der Waals surface area contributed by atoms with Gasteiger partial charge in [0.1, 0.15) is 0 Å². The van der Waals surface area contributed by atoms with Gasteiger partial charge in [0, 0.05) is 32.1 Å². The highest BCUT2D eigenvalue weighted by molar-refractivity contribution is 14.0. The highest BCUT2D eigenvalue weighted by Gasteiger charge is 2.28. The summed E-state index contributed by atoms with van der Waals surface area (Å²) in [5.41, 5.74) is 1.34. The molecule has 2 rings (SSSR count). The second-order valence-corrected chi connectivity index (χ2v) is 6.97. The van der Waals surface area contributed by atoms with Gasteiger partial charge in [0.25, 0.3) is 0 Å². The Morgan fingerprint density at radius 1 is 1.52 bits per heavy atom. The predicted molar refractivity (Wildman–Crippen MR) is 115 cm³/mol. The molecule has 0 bridgehead atoms. The Kier molecular flexibility index (Phi) is 10.4. The maximum Gasteiger partial charge on any atom is 0.310 e. The summed E-state index contributed by atoms with van der Waals surface area (Å²) < 4.78 is 5.19. The van der Waals surface area contributed by atoms with Crippen LogP contribution in [0, 0.1) is 5.92 Å². The van der Waals surface area contributed by atoms with Crippen LogP contribution in [0.3, 0.4) is 0 Å². The molecule has 2 heterocycles. The average molecular weight is 479 g/mol. The second-order valence-electron chi connectivity index (χ2n) is 6.19. The number of hydrogen-bond donors (Lipinski definition) is 1. The summed E-state index contributed by atoms with van der Waals surface area (Å²) >= 11 is 1.72. The van der Waals surface area contributed by atoms with Crippen LogP contribution in [0.25, 0.3) is 0 Å². The molecule has 1 fully saturated rings. The molecule has 5 nitrogen and oxygen atoms in total. The molecule has 1 aliphatic rings. The molecule has 2 atom stereocenters. The number of piperidine rings is 1. The smallest absolute Gasteiger partial charge is 0.310 e. The van der Waals surface area contributed by atoms with E-state index in [2.05, 4.69) is 40.9 Å². The molecule has 0 spiro atoms. The summed E-state index contributed by atoms with van der Waals surface area (Å²) in [6.07, 6.45) is 1.90. The molecular formula is C18H30IN3O2S. The van der Waals surface area contributed by atoms with Crippen molar-refractivity contribution in [1.29, 1.82) is 0 Å². The van der Waals surface area contributed by atoms with Crippen LogP contribution in [0.1, 0.15) is 45.1 Å². The average Bonchev–Trinajstić information content (AvgIpc) is 3.13. The van der Waals surface area contributed by atoms with Crippen molar-refractivity contribution in [1.82, 2.24) is 10.2 Å². The lowest BCUT2D eigenvalue weighted by Crippen LogP contribution is -2.48. The predicted octanol–water partition coefficient (Wildman–Crippen LogP) is 3.71. The first-order chi connectivity index (χ1) is 11.7. The number of carbonyl (C=O) groups is 1. The summed E-state index contributed by atoms with van der Waals surface area (Å²) in [5, 5.41) is 7.66. The Balaban J connectivity index is 0.00000312. The van der Waals surface area contributed by atoms with Crippen molar-refractivity contribution in [2.24, 2.45) is 10.9 Å². The third-order valence-corrected chi connectivity index (χ3v) is 5.00. The van der Waals surface area contributed by atoms with Crippen molar-refractivity contribution < 1.29 is 9.53 Å². The number of aliphatic imine (C=N–C) groups is 1. The van der Waals surface area contributed by atoms with Gasteiger partial charge in [-0.1, -0.05) is 6.92 Å². The van der Waals surface area contributed by atoms with Crippen LogP contribution in [0.2, 0.25) is 0 Å². The number of thiophene rings is 1. The van der Waals surface area contributed by atoms with Crippen molar-refractivity contribution in [3.05, 3.63) is 22.4 Å². The summed E-state index contributed by atoms with van der Waals surface area (Å²) in [6, 6.07) is 2.16. The van der Waals surface area contributed by atoms with Crippen molar-refractivity contribution in [3.8, 4) is 0 Å². The number of ether oxygens (including phenoxy) is 1. The first-order valence-electron chi connectivity index (χ1n) is 8.87. The van der Waals surface area contributed by atoms with Crippen LogP contribution in [0.15, 0.2) is 21.8 Å². The highest BCUT2D eigenvalue weighted by atomic mass is 127. The third-order valence-electron chi connectivity index (χ3n) is 4.30. The summed E-state index contributed by atoms with van der Waals surface area (Å²) in [5.74, 6) is 1.19. The minimum Gasteiger partial charge on any atom is -0.466 e. The highest BCUT2D eigenvalue weighted by Crippen LogP contribution is 2.20. The maximum atomic E-state index is 12.0. The summed E-state index contributed by atoms with van der Waals surface area (Å²) in [6.45, 7) is 9.78. The molecule has 1 aromatic heterocycles. The van der Waals surface area contributed by atoms with E-state index in [1.165, 1.54) is 5.56 Å². The molecule has 0 aliphatic carbocycles. The maximum absolute atomic E-state index is 12.0. The van der Waals surface area contributed by atoms with Crippen LogP contribution in [0.5, 0.6) is 0 Å². The lowest BCUT2D eigenvalue weighted by molar-refractivity contribution is -0.149. The number of rotatable bonds is 6.